The molecule has 1 aliphatic carbocycles. The van der Waals surface area contributed by atoms with E-state index in [1.54, 1.807) is 11.3 Å². The Labute approximate surface area is 101 Å². The van der Waals surface area contributed by atoms with Crippen molar-refractivity contribution in [2.75, 3.05) is 0 Å². The van der Waals surface area contributed by atoms with E-state index >= 15 is 0 Å². The summed E-state index contributed by atoms with van der Waals surface area (Å²) < 4.78 is 0. The lowest BCUT2D eigenvalue weighted by molar-refractivity contribution is 0.146. The fraction of sp³-hybridized carbons (Fsp3) is 0.692. The van der Waals surface area contributed by atoms with E-state index in [9.17, 15) is 5.26 Å². The summed E-state index contributed by atoms with van der Waals surface area (Å²) in [4.78, 5) is 5.34. The van der Waals surface area contributed by atoms with E-state index in [0.717, 1.165) is 19.3 Å². The predicted octanol–water partition coefficient (Wildman–Crippen LogP) is 3.80. The van der Waals surface area contributed by atoms with Gasteiger partial charge in [-0.15, -0.1) is 11.3 Å². The highest BCUT2D eigenvalue weighted by Crippen LogP contribution is 2.46. The highest BCUT2D eigenvalue weighted by Gasteiger charge is 2.38. The zero-order valence-electron chi connectivity index (χ0n) is 9.99. The molecule has 0 radical (unpaired) electrons. The summed E-state index contributed by atoms with van der Waals surface area (Å²) in [7, 11) is 0. The van der Waals surface area contributed by atoms with Crippen LogP contribution in [0.4, 0.5) is 0 Å². The molecule has 2 rings (SSSR count). The molecule has 0 spiro atoms. The van der Waals surface area contributed by atoms with Crippen molar-refractivity contribution in [1.29, 1.82) is 5.26 Å². The maximum absolute atomic E-state index is 9.44. The Balaban J connectivity index is 2.08. The van der Waals surface area contributed by atoms with Gasteiger partial charge in [-0.3, -0.25) is 4.98 Å². The highest BCUT2D eigenvalue weighted by molar-refractivity contribution is 7.09. The van der Waals surface area contributed by atoms with Gasteiger partial charge in [0.1, 0.15) is 0 Å². The molecule has 0 amide bonds. The van der Waals surface area contributed by atoms with Gasteiger partial charge in [0.15, 0.2) is 0 Å². The molecule has 1 heterocycles. The molecule has 86 valence electrons. The molecule has 0 atom stereocenters. The van der Waals surface area contributed by atoms with E-state index < -0.39 is 0 Å². The Kier molecular flexibility index (Phi) is 3.03. The third kappa shape index (κ3) is 2.44. The minimum Gasteiger partial charge on any atom is -0.253 e. The molecule has 1 fully saturated rings. The minimum atomic E-state index is -0.123. The number of hydrogen-bond donors (Lipinski definition) is 0. The Bertz CT molecular complexity index is 377. The van der Waals surface area contributed by atoms with Crippen LogP contribution in [0.3, 0.4) is 0 Å². The molecule has 0 saturated heterocycles. The fourth-order valence-electron chi connectivity index (χ4n) is 2.40. The van der Waals surface area contributed by atoms with Crippen LogP contribution in [0.1, 0.15) is 44.4 Å². The van der Waals surface area contributed by atoms with Crippen LogP contribution in [0.25, 0.3) is 0 Å². The minimum absolute atomic E-state index is 0.123. The average Bonchev–Trinajstić information content (AvgIpc) is 2.74. The van der Waals surface area contributed by atoms with Crippen LogP contribution in [0, 0.1) is 22.2 Å². The van der Waals surface area contributed by atoms with Crippen LogP contribution in [0.5, 0.6) is 0 Å². The number of aromatic nitrogens is 1. The summed E-state index contributed by atoms with van der Waals surface area (Å²) >= 11 is 1.67. The van der Waals surface area contributed by atoms with Gasteiger partial charge in [0, 0.05) is 17.5 Å². The average molecular weight is 234 g/mol. The first-order valence-corrected chi connectivity index (χ1v) is 6.72. The standard InChI is InChI=1S/C13H18N2S/c1-12(2)3-5-13(9-14,6-4-12)7-11-8-15-10-16-11/h8,10H,3-7H2,1-2H3. The Morgan fingerprint density at radius 3 is 2.56 bits per heavy atom. The van der Waals surface area contributed by atoms with Crippen molar-refractivity contribution in [2.24, 2.45) is 10.8 Å². The van der Waals surface area contributed by atoms with Crippen molar-refractivity contribution in [3.05, 3.63) is 16.6 Å². The Morgan fingerprint density at radius 1 is 1.38 bits per heavy atom. The fourth-order valence-corrected chi connectivity index (χ4v) is 3.13. The molecule has 2 nitrogen and oxygen atoms in total. The Morgan fingerprint density at radius 2 is 2.06 bits per heavy atom. The molecule has 0 N–H and O–H groups in total. The topological polar surface area (TPSA) is 36.7 Å². The van der Waals surface area contributed by atoms with Gasteiger partial charge < -0.3 is 0 Å². The third-order valence-electron chi connectivity index (χ3n) is 3.79. The normalized spacial score (nSPS) is 22.6. The summed E-state index contributed by atoms with van der Waals surface area (Å²) in [6.45, 7) is 4.61. The van der Waals surface area contributed by atoms with Crippen LogP contribution < -0.4 is 0 Å². The molecular weight excluding hydrogens is 216 g/mol. The van der Waals surface area contributed by atoms with Crippen molar-refractivity contribution in [3.63, 3.8) is 0 Å². The van der Waals surface area contributed by atoms with Gasteiger partial charge >= 0.3 is 0 Å². The van der Waals surface area contributed by atoms with Gasteiger partial charge in [-0.05, 0) is 31.1 Å². The molecule has 1 aromatic heterocycles. The number of thiazole rings is 1. The molecular formula is C13H18N2S. The first-order chi connectivity index (χ1) is 7.55. The predicted molar refractivity (Wildman–Crippen MR) is 66.1 cm³/mol. The van der Waals surface area contributed by atoms with Gasteiger partial charge in [0.25, 0.3) is 0 Å². The zero-order chi connectivity index (χ0) is 11.6. The zero-order valence-corrected chi connectivity index (χ0v) is 10.8. The number of nitrogens with zero attached hydrogens (tertiary/aromatic N) is 2. The van der Waals surface area contributed by atoms with Crippen LogP contribution in [0.2, 0.25) is 0 Å². The molecule has 1 aliphatic rings. The second-order valence-electron chi connectivity index (χ2n) is 5.70. The second-order valence-corrected chi connectivity index (χ2v) is 6.67. The van der Waals surface area contributed by atoms with Gasteiger partial charge in [-0.1, -0.05) is 13.8 Å². The molecule has 1 aromatic rings. The summed E-state index contributed by atoms with van der Waals surface area (Å²) in [5.74, 6) is 0. The van der Waals surface area contributed by atoms with E-state index in [2.05, 4.69) is 24.9 Å². The monoisotopic (exact) mass is 234 g/mol. The van der Waals surface area contributed by atoms with Crippen molar-refractivity contribution >= 4 is 11.3 Å². The van der Waals surface area contributed by atoms with Gasteiger partial charge in [0.05, 0.1) is 17.0 Å². The summed E-state index contributed by atoms with van der Waals surface area (Å²) in [6.07, 6.45) is 7.20. The van der Waals surface area contributed by atoms with Crippen LogP contribution in [0.15, 0.2) is 11.7 Å². The SMILES string of the molecule is CC1(C)CCC(C#N)(Cc2cncs2)CC1. The van der Waals surface area contributed by atoms with Crippen LogP contribution in [-0.2, 0) is 6.42 Å². The van der Waals surface area contributed by atoms with Crippen molar-refractivity contribution in [2.45, 2.75) is 46.0 Å². The lowest BCUT2D eigenvalue weighted by Gasteiger charge is -2.39. The maximum atomic E-state index is 9.44. The summed E-state index contributed by atoms with van der Waals surface area (Å²) in [6, 6.07) is 2.57. The van der Waals surface area contributed by atoms with Crippen LogP contribution in [-0.4, -0.2) is 4.98 Å². The molecule has 1 saturated carbocycles. The summed E-state index contributed by atoms with van der Waals surface area (Å²) in [5, 5.41) is 9.44. The van der Waals surface area contributed by atoms with Crippen molar-refractivity contribution in [3.8, 4) is 6.07 Å². The van der Waals surface area contributed by atoms with Gasteiger partial charge in [0.2, 0.25) is 0 Å². The number of rotatable bonds is 2. The number of nitriles is 1. The summed E-state index contributed by atoms with van der Waals surface area (Å²) in [5.41, 5.74) is 2.16. The van der Waals surface area contributed by atoms with E-state index in [-0.39, 0.29) is 5.41 Å². The molecule has 0 aliphatic heterocycles. The largest absolute Gasteiger partial charge is 0.253 e. The van der Waals surface area contributed by atoms with Crippen molar-refractivity contribution in [1.82, 2.24) is 4.98 Å². The lowest BCUT2D eigenvalue weighted by Crippen LogP contribution is -2.31. The highest BCUT2D eigenvalue weighted by atomic mass is 32.1. The van der Waals surface area contributed by atoms with Crippen LogP contribution >= 0.6 is 11.3 Å². The van der Waals surface area contributed by atoms with E-state index in [4.69, 9.17) is 0 Å². The van der Waals surface area contributed by atoms with E-state index in [1.807, 2.05) is 11.7 Å². The van der Waals surface area contributed by atoms with E-state index in [0.29, 0.717) is 5.41 Å². The lowest BCUT2D eigenvalue weighted by atomic mass is 9.64. The molecule has 0 unspecified atom stereocenters. The molecule has 0 aromatic carbocycles. The maximum Gasteiger partial charge on any atom is 0.0794 e. The quantitative estimate of drug-likeness (QED) is 0.780. The van der Waals surface area contributed by atoms with Gasteiger partial charge in [-0.2, -0.15) is 5.26 Å². The van der Waals surface area contributed by atoms with E-state index in [1.165, 1.54) is 17.7 Å². The third-order valence-corrected chi connectivity index (χ3v) is 4.57. The first kappa shape index (κ1) is 11.6. The number of hydrogen-bond acceptors (Lipinski definition) is 3. The first-order valence-electron chi connectivity index (χ1n) is 5.84. The van der Waals surface area contributed by atoms with Crippen molar-refractivity contribution < 1.29 is 0 Å². The molecule has 0 bridgehead atoms. The smallest absolute Gasteiger partial charge is 0.0794 e. The molecule has 16 heavy (non-hydrogen) atoms. The van der Waals surface area contributed by atoms with Gasteiger partial charge in [-0.25, -0.2) is 0 Å². The second kappa shape index (κ2) is 4.18. The Hall–Kier alpha value is -0.880. The molecule has 3 heteroatoms.